The number of hydrogen-bond acceptors (Lipinski definition) is 4. The minimum atomic E-state index is -0.549. The van der Waals surface area contributed by atoms with Gasteiger partial charge in [-0.25, -0.2) is 10.3 Å². The summed E-state index contributed by atoms with van der Waals surface area (Å²) in [6, 6.07) is 0. The first-order chi connectivity index (χ1) is 7.54. The van der Waals surface area contributed by atoms with E-state index in [1.54, 1.807) is 6.92 Å². The van der Waals surface area contributed by atoms with E-state index in [2.05, 4.69) is 20.3 Å². The average molecular weight is 227 g/mol. The van der Waals surface area contributed by atoms with Crippen LogP contribution in [-0.2, 0) is 16.1 Å². The number of aryl methyl sites for hydroxylation is 1. The van der Waals surface area contributed by atoms with Crippen molar-refractivity contribution in [1.29, 1.82) is 0 Å². The quantitative estimate of drug-likeness (QED) is 0.573. The normalized spacial score (nSPS) is 10.1. The zero-order chi connectivity index (χ0) is 12.1. The van der Waals surface area contributed by atoms with Crippen molar-refractivity contribution in [3.05, 3.63) is 32.1 Å². The first-order valence-corrected chi connectivity index (χ1v) is 4.68. The molecule has 88 valence electrons. The van der Waals surface area contributed by atoms with Gasteiger partial charge in [0.15, 0.2) is 0 Å². The van der Waals surface area contributed by atoms with Crippen LogP contribution in [0.1, 0.15) is 17.7 Å². The Hall–Kier alpha value is -1.89. The number of H-pyrrole nitrogens is 2. The smallest absolute Gasteiger partial charge is 0.311 e. The predicted molar refractivity (Wildman–Crippen MR) is 55.9 cm³/mol. The molecule has 1 rings (SSSR count). The van der Waals surface area contributed by atoms with Crippen molar-refractivity contribution >= 4 is 5.91 Å². The van der Waals surface area contributed by atoms with Crippen LogP contribution in [0.2, 0.25) is 0 Å². The number of rotatable bonds is 4. The molecule has 0 aromatic carbocycles. The molecule has 0 bridgehead atoms. The minimum Gasteiger partial charge on any atom is -0.311 e. The third-order valence-corrected chi connectivity index (χ3v) is 2.07. The monoisotopic (exact) mass is 227 g/mol. The van der Waals surface area contributed by atoms with Gasteiger partial charge in [-0.05, 0) is 13.3 Å². The van der Waals surface area contributed by atoms with Crippen LogP contribution in [0.5, 0.6) is 0 Å². The second kappa shape index (κ2) is 5.26. The Morgan fingerprint density at radius 2 is 2.06 bits per heavy atom. The van der Waals surface area contributed by atoms with Crippen LogP contribution < -0.4 is 16.7 Å². The van der Waals surface area contributed by atoms with Gasteiger partial charge in [-0.1, -0.05) is 0 Å². The van der Waals surface area contributed by atoms with Gasteiger partial charge in [0.25, 0.3) is 5.56 Å². The van der Waals surface area contributed by atoms with Gasteiger partial charge in [0, 0.05) is 17.7 Å². The lowest BCUT2D eigenvalue weighted by Crippen LogP contribution is -2.28. The molecule has 0 radical (unpaired) electrons. The van der Waals surface area contributed by atoms with Gasteiger partial charge >= 0.3 is 5.69 Å². The number of carbonyl (C=O) groups is 1. The van der Waals surface area contributed by atoms with Gasteiger partial charge in [0.2, 0.25) is 5.91 Å². The van der Waals surface area contributed by atoms with E-state index in [9.17, 15) is 14.4 Å². The van der Waals surface area contributed by atoms with Crippen LogP contribution in [0.15, 0.2) is 9.59 Å². The summed E-state index contributed by atoms with van der Waals surface area (Å²) in [6.07, 6.45) is 0.358. The lowest BCUT2D eigenvalue weighted by atomic mass is 10.1. The average Bonchev–Trinajstić information content (AvgIpc) is 2.16. The van der Waals surface area contributed by atoms with Crippen LogP contribution >= 0.6 is 0 Å². The van der Waals surface area contributed by atoms with Gasteiger partial charge < -0.3 is 4.98 Å². The number of carbonyl (C=O) groups excluding carboxylic acids is 1. The van der Waals surface area contributed by atoms with Crippen molar-refractivity contribution in [3.8, 4) is 0 Å². The highest BCUT2D eigenvalue weighted by atomic mass is 16.6. The molecular formula is C9H13N3O4. The molecule has 7 nitrogen and oxygen atoms in total. The maximum atomic E-state index is 11.4. The molecular weight excluding hydrogens is 214 g/mol. The molecule has 16 heavy (non-hydrogen) atoms. The number of hydroxylamine groups is 1. The molecule has 0 fully saturated rings. The Morgan fingerprint density at radius 3 is 2.62 bits per heavy atom. The summed E-state index contributed by atoms with van der Waals surface area (Å²) in [7, 11) is 1.33. The zero-order valence-corrected chi connectivity index (χ0v) is 9.05. The first kappa shape index (κ1) is 12.2. The van der Waals surface area contributed by atoms with Gasteiger partial charge in [0.1, 0.15) is 0 Å². The van der Waals surface area contributed by atoms with Crippen molar-refractivity contribution in [2.45, 2.75) is 19.8 Å². The lowest BCUT2D eigenvalue weighted by molar-refractivity contribution is -0.131. The van der Waals surface area contributed by atoms with Crippen molar-refractivity contribution in [3.63, 3.8) is 0 Å². The van der Waals surface area contributed by atoms with Crippen LogP contribution in [-0.4, -0.2) is 23.0 Å². The number of hydrogen-bond donors (Lipinski definition) is 3. The molecule has 0 atom stereocenters. The van der Waals surface area contributed by atoms with E-state index < -0.39 is 11.2 Å². The van der Waals surface area contributed by atoms with E-state index >= 15 is 0 Å². The molecule has 0 aliphatic rings. The summed E-state index contributed by atoms with van der Waals surface area (Å²) < 4.78 is 0. The van der Waals surface area contributed by atoms with Gasteiger partial charge in [-0.3, -0.25) is 19.4 Å². The Morgan fingerprint density at radius 1 is 1.38 bits per heavy atom. The summed E-state index contributed by atoms with van der Waals surface area (Å²) in [5.41, 5.74) is 1.99. The van der Waals surface area contributed by atoms with Crippen molar-refractivity contribution in [2.24, 2.45) is 0 Å². The molecule has 1 aromatic heterocycles. The lowest BCUT2D eigenvalue weighted by Gasteiger charge is -2.03. The predicted octanol–water partition coefficient (Wildman–Crippen LogP) is -1.02. The molecule has 0 aliphatic heterocycles. The maximum Gasteiger partial charge on any atom is 0.325 e. The third-order valence-electron chi connectivity index (χ3n) is 2.07. The van der Waals surface area contributed by atoms with Crippen LogP contribution in [0.4, 0.5) is 0 Å². The van der Waals surface area contributed by atoms with E-state index in [1.807, 2.05) is 0 Å². The van der Waals surface area contributed by atoms with Crippen LogP contribution in [0.25, 0.3) is 0 Å². The zero-order valence-electron chi connectivity index (χ0n) is 9.05. The van der Waals surface area contributed by atoms with E-state index in [4.69, 9.17) is 0 Å². The summed E-state index contributed by atoms with van der Waals surface area (Å²) in [4.78, 5) is 42.4. The summed E-state index contributed by atoms with van der Waals surface area (Å²) in [6.45, 7) is 1.61. The minimum absolute atomic E-state index is 0.115. The van der Waals surface area contributed by atoms with Gasteiger partial charge in [-0.15, -0.1) is 0 Å². The van der Waals surface area contributed by atoms with Crippen LogP contribution in [0.3, 0.4) is 0 Å². The van der Waals surface area contributed by atoms with Gasteiger partial charge in [-0.2, -0.15) is 0 Å². The number of nitrogens with one attached hydrogen (secondary N) is 3. The molecule has 1 heterocycles. The molecule has 7 heteroatoms. The summed E-state index contributed by atoms with van der Waals surface area (Å²) in [5.74, 6) is -0.326. The van der Waals surface area contributed by atoms with E-state index in [1.165, 1.54) is 7.11 Å². The Labute approximate surface area is 90.8 Å². The second-order valence-electron chi connectivity index (χ2n) is 3.24. The summed E-state index contributed by atoms with van der Waals surface area (Å²) in [5, 5.41) is 0. The maximum absolute atomic E-state index is 11.4. The molecule has 0 saturated carbocycles. The topological polar surface area (TPSA) is 104 Å². The second-order valence-corrected chi connectivity index (χ2v) is 3.24. The van der Waals surface area contributed by atoms with E-state index in [-0.39, 0.29) is 18.7 Å². The van der Waals surface area contributed by atoms with E-state index in [0.717, 1.165) is 0 Å². The first-order valence-electron chi connectivity index (χ1n) is 4.68. The van der Waals surface area contributed by atoms with Crippen molar-refractivity contribution in [1.82, 2.24) is 15.4 Å². The Kier molecular flexibility index (Phi) is 4.01. The molecule has 0 saturated heterocycles. The fourth-order valence-electron chi connectivity index (χ4n) is 1.33. The molecule has 0 unspecified atom stereocenters. The highest BCUT2D eigenvalue weighted by Gasteiger charge is 2.08. The van der Waals surface area contributed by atoms with E-state index in [0.29, 0.717) is 11.3 Å². The number of aromatic amines is 2. The molecule has 0 spiro atoms. The highest BCUT2D eigenvalue weighted by Crippen LogP contribution is 1.99. The molecule has 3 N–H and O–H groups in total. The molecule has 1 aromatic rings. The third kappa shape index (κ3) is 3.06. The Bertz CT molecular complexity index is 488. The number of amides is 1. The fourth-order valence-corrected chi connectivity index (χ4v) is 1.33. The van der Waals surface area contributed by atoms with Crippen molar-refractivity contribution in [2.75, 3.05) is 7.11 Å². The Balaban J connectivity index is 2.79. The standard InChI is InChI=1S/C9H13N3O4/c1-5-6(3-4-7(13)12-16-2)8(14)11-9(15)10-5/h3-4H2,1-2H3,(H,12,13)(H2,10,11,14,15). The number of aromatic nitrogens is 2. The molecule has 0 aliphatic carbocycles. The largest absolute Gasteiger partial charge is 0.325 e. The molecule has 1 amide bonds. The SMILES string of the molecule is CONC(=O)CCc1c(C)[nH]c(=O)[nH]c1=O. The fraction of sp³-hybridized carbons (Fsp3) is 0.444. The van der Waals surface area contributed by atoms with Crippen molar-refractivity contribution < 1.29 is 9.63 Å². The summed E-state index contributed by atoms with van der Waals surface area (Å²) >= 11 is 0. The highest BCUT2D eigenvalue weighted by molar-refractivity contribution is 5.75. The van der Waals surface area contributed by atoms with Crippen LogP contribution in [0, 0.1) is 6.92 Å². The van der Waals surface area contributed by atoms with Gasteiger partial charge in [0.05, 0.1) is 7.11 Å².